The first-order valence-electron chi connectivity index (χ1n) is 7.49. The van der Waals surface area contributed by atoms with Crippen LogP contribution in [0.4, 0.5) is 0 Å². The van der Waals surface area contributed by atoms with Crippen molar-refractivity contribution in [2.45, 2.75) is 59.3 Å². The number of aliphatic hydroxyl groups excluding tert-OH is 4. The molecule has 0 unspecified atom stereocenters. The molecule has 0 aromatic heterocycles. The van der Waals surface area contributed by atoms with Crippen molar-refractivity contribution >= 4 is 0 Å². The fourth-order valence-electron chi connectivity index (χ4n) is 1.75. The van der Waals surface area contributed by atoms with E-state index < -0.39 is 0 Å². The van der Waals surface area contributed by atoms with E-state index in [0.717, 1.165) is 38.5 Å². The molecule has 0 spiro atoms. The molecule has 0 saturated heterocycles. The third-order valence-electron chi connectivity index (χ3n) is 3.73. The number of hydrogen-bond acceptors (Lipinski definition) is 4. The number of unbranched alkanes of at least 4 members (excludes halogenated alkanes) is 1. The average molecular weight is 278 g/mol. The van der Waals surface area contributed by atoms with Crippen LogP contribution in [0.5, 0.6) is 0 Å². The second-order valence-corrected chi connectivity index (χ2v) is 5.40. The molecule has 0 amide bonds. The van der Waals surface area contributed by atoms with Gasteiger partial charge >= 0.3 is 0 Å². The zero-order chi connectivity index (χ0) is 15.1. The van der Waals surface area contributed by atoms with Crippen LogP contribution < -0.4 is 0 Å². The van der Waals surface area contributed by atoms with E-state index in [1.54, 1.807) is 0 Å². The highest BCUT2D eigenvalue weighted by molar-refractivity contribution is 4.75. The highest BCUT2D eigenvalue weighted by atomic mass is 16.3. The Labute approximate surface area is 118 Å². The summed E-state index contributed by atoms with van der Waals surface area (Å²) in [6.45, 7) is 6.85. The zero-order valence-electron chi connectivity index (χ0n) is 12.9. The van der Waals surface area contributed by atoms with Gasteiger partial charge in [-0.3, -0.25) is 0 Å². The monoisotopic (exact) mass is 278 g/mol. The normalized spacial score (nSPS) is 11.4. The summed E-state index contributed by atoms with van der Waals surface area (Å²) in [5, 5.41) is 34.8. The van der Waals surface area contributed by atoms with Gasteiger partial charge < -0.3 is 20.4 Å². The molecule has 4 N–H and O–H groups in total. The molecule has 4 heteroatoms. The van der Waals surface area contributed by atoms with Crippen LogP contribution in [-0.4, -0.2) is 46.9 Å². The van der Waals surface area contributed by atoms with Crippen LogP contribution >= 0.6 is 0 Å². The van der Waals surface area contributed by atoms with Crippen LogP contribution in [0, 0.1) is 11.3 Å². The first-order valence-corrected chi connectivity index (χ1v) is 7.49. The number of hydrogen-bond donors (Lipinski definition) is 4. The summed E-state index contributed by atoms with van der Waals surface area (Å²) >= 11 is 0. The van der Waals surface area contributed by atoms with Crippen molar-refractivity contribution in [3.63, 3.8) is 0 Å². The van der Waals surface area contributed by atoms with E-state index in [2.05, 4.69) is 6.92 Å². The van der Waals surface area contributed by atoms with Gasteiger partial charge in [0.1, 0.15) is 0 Å². The molecule has 0 saturated carbocycles. The molecule has 0 aliphatic heterocycles. The number of aliphatic hydroxyl groups is 4. The Hall–Kier alpha value is -0.160. The smallest absolute Gasteiger partial charge is 0.0509 e. The molecule has 0 radical (unpaired) electrons. The van der Waals surface area contributed by atoms with Crippen LogP contribution in [0.1, 0.15) is 59.3 Å². The molecular weight excluding hydrogens is 244 g/mol. The van der Waals surface area contributed by atoms with Gasteiger partial charge in [0.25, 0.3) is 0 Å². The van der Waals surface area contributed by atoms with E-state index in [1.807, 2.05) is 13.8 Å². The predicted octanol–water partition coefficient (Wildman–Crippen LogP) is 1.94. The van der Waals surface area contributed by atoms with Gasteiger partial charge in [0.2, 0.25) is 0 Å². The van der Waals surface area contributed by atoms with Crippen LogP contribution in [0.25, 0.3) is 0 Å². The largest absolute Gasteiger partial charge is 0.396 e. The molecule has 4 nitrogen and oxygen atoms in total. The molecule has 0 heterocycles. The molecule has 0 atom stereocenters. The van der Waals surface area contributed by atoms with Crippen molar-refractivity contribution in [3.8, 4) is 0 Å². The number of rotatable bonds is 10. The second-order valence-electron chi connectivity index (χ2n) is 5.40. The summed E-state index contributed by atoms with van der Waals surface area (Å²) in [6, 6.07) is 0. The summed E-state index contributed by atoms with van der Waals surface area (Å²) in [5.74, 6) is 0.463. The van der Waals surface area contributed by atoms with E-state index >= 15 is 0 Å². The van der Waals surface area contributed by atoms with Crippen LogP contribution in [-0.2, 0) is 0 Å². The minimum Gasteiger partial charge on any atom is -0.396 e. The molecule has 0 rings (SSSR count). The van der Waals surface area contributed by atoms with Gasteiger partial charge in [-0.2, -0.15) is 0 Å². The lowest BCUT2D eigenvalue weighted by Crippen LogP contribution is -2.28. The molecule has 0 bridgehead atoms. The van der Waals surface area contributed by atoms with Gasteiger partial charge in [-0.1, -0.05) is 33.6 Å². The first-order chi connectivity index (χ1) is 9.05. The van der Waals surface area contributed by atoms with Gasteiger partial charge in [0.15, 0.2) is 0 Å². The Kier molecular flexibility index (Phi) is 15.9. The van der Waals surface area contributed by atoms with Crippen molar-refractivity contribution in [2.75, 3.05) is 26.4 Å². The topological polar surface area (TPSA) is 80.9 Å². The highest BCUT2D eigenvalue weighted by Crippen LogP contribution is 2.27. The van der Waals surface area contributed by atoms with E-state index in [-0.39, 0.29) is 31.8 Å². The van der Waals surface area contributed by atoms with Crippen molar-refractivity contribution in [1.29, 1.82) is 0 Å². The van der Waals surface area contributed by atoms with E-state index in [9.17, 15) is 0 Å². The Morgan fingerprint density at radius 3 is 1.63 bits per heavy atom. The van der Waals surface area contributed by atoms with Crippen molar-refractivity contribution in [2.24, 2.45) is 11.3 Å². The standard InChI is InChI=1S/C9H20O2.C6H14O2/c1-3-5-6-9(4-2,7-10)8-11;1-6(2-4-7)3-5-8/h10-11H,3-8H2,1-2H3;6-8H,2-5H2,1H3. The molecule has 0 aromatic rings. The van der Waals surface area contributed by atoms with Gasteiger partial charge in [0, 0.05) is 18.6 Å². The summed E-state index contributed by atoms with van der Waals surface area (Å²) in [6.07, 6.45) is 5.63. The fourth-order valence-corrected chi connectivity index (χ4v) is 1.75. The highest BCUT2D eigenvalue weighted by Gasteiger charge is 2.25. The van der Waals surface area contributed by atoms with Gasteiger partial charge in [-0.15, -0.1) is 0 Å². The average Bonchev–Trinajstić information content (AvgIpc) is 2.42. The summed E-state index contributed by atoms with van der Waals surface area (Å²) in [5.41, 5.74) is -0.212. The Balaban J connectivity index is 0. The Morgan fingerprint density at radius 2 is 1.37 bits per heavy atom. The first kappa shape index (κ1) is 21.1. The van der Waals surface area contributed by atoms with E-state index in [4.69, 9.17) is 20.4 Å². The molecule has 19 heavy (non-hydrogen) atoms. The van der Waals surface area contributed by atoms with E-state index in [1.165, 1.54) is 0 Å². The molecule has 118 valence electrons. The maximum absolute atomic E-state index is 9.04. The Bertz CT molecular complexity index is 155. The minimum atomic E-state index is -0.212. The molecule has 0 aromatic carbocycles. The fraction of sp³-hybridized carbons (Fsp3) is 1.00. The SMILES string of the molecule is CC(CCO)CCO.CCCCC(CC)(CO)CO. The maximum Gasteiger partial charge on any atom is 0.0509 e. The van der Waals surface area contributed by atoms with Gasteiger partial charge in [-0.05, 0) is 31.6 Å². The second kappa shape index (κ2) is 14.3. The minimum absolute atomic E-state index is 0.111. The Morgan fingerprint density at radius 1 is 0.895 bits per heavy atom. The third-order valence-corrected chi connectivity index (χ3v) is 3.73. The zero-order valence-corrected chi connectivity index (χ0v) is 12.9. The predicted molar refractivity (Wildman–Crippen MR) is 79.0 cm³/mol. The van der Waals surface area contributed by atoms with Crippen molar-refractivity contribution < 1.29 is 20.4 Å². The molecule has 0 aliphatic carbocycles. The quantitative estimate of drug-likeness (QED) is 0.492. The van der Waals surface area contributed by atoms with Crippen LogP contribution in [0.3, 0.4) is 0 Å². The summed E-state index contributed by atoms with van der Waals surface area (Å²) < 4.78 is 0. The lowest BCUT2D eigenvalue weighted by Gasteiger charge is -2.27. The lowest BCUT2D eigenvalue weighted by atomic mass is 9.82. The summed E-state index contributed by atoms with van der Waals surface area (Å²) in [4.78, 5) is 0. The molecular formula is C15H34O4. The van der Waals surface area contributed by atoms with Crippen LogP contribution in [0.15, 0.2) is 0 Å². The summed E-state index contributed by atoms with van der Waals surface area (Å²) in [7, 11) is 0. The molecule has 0 aliphatic rings. The van der Waals surface area contributed by atoms with Gasteiger partial charge in [0.05, 0.1) is 13.2 Å². The van der Waals surface area contributed by atoms with Gasteiger partial charge in [-0.25, -0.2) is 0 Å². The van der Waals surface area contributed by atoms with Crippen molar-refractivity contribution in [3.05, 3.63) is 0 Å². The third kappa shape index (κ3) is 11.4. The maximum atomic E-state index is 9.04. The van der Waals surface area contributed by atoms with E-state index in [0.29, 0.717) is 5.92 Å². The van der Waals surface area contributed by atoms with Crippen molar-refractivity contribution in [1.82, 2.24) is 0 Å². The lowest BCUT2D eigenvalue weighted by molar-refractivity contribution is 0.0420. The molecule has 0 fully saturated rings. The van der Waals surface area contributed by atoms with Crippen LogP contribution in [0.2, 0.25) is 0 Å².